The van der Waals surface area contributed by atoms with Crippen molar-refractivity contribution in [3.05, 3.63) is 137 Å². The topological polar surface area (TPSA) is 35.5 Å². The largest absolute Gasteiger partial charge is 0.482 e. The number of aryl methyl sites for hydroxylation is 1. The molecule has 0 amide bonds. The molecule has 0 aliphatic carbocycles. The highest BCUT2D eigenvalue weighted by Gasteiger charge is 2.08. The Bertz CT molecular complexity index is 1430. The maximum absolute atomic E-state index is 11.6. The molecule has 4 rings (SSSR count). The van der Waals surface area contributed by atoms with Crippen LogP contribution in [0.5, 0.6) is 5.75 Å². The molecule has 0 radical (unpaired) electrons. The van der Waals surface area contributed by atoms with Crippen LogP contribution < -0.4 is 4.74 Å². The first-order valence-corrected chi connectivity index (χ1v) is 13.6. The smallest absolute Gasteiger partial charge is 0.344 e. The van der Waals surface area contributed by atoms with Crippen molar-refractivity contribution < 1.29 is 14.3 Å². The van der Waals surface area contributed by atoms with Gasteiger partial charge in [-0.25, -0.2) is 4.79 Å². The van der Waals surface area contributed by atoms with Crippen LogP contribution >= 0.6 is 11.8 Å². The number of hydrogen-bond acceptors (Lipinski definition) is 4. The average Bonchev–Trinajstić information content (AvgIpc) is 2.95. The molecule has 4 aromatic rings. The Morgan fingerprint density at radius 2 is 1.45 bits per heavy atom. The Hall–Kier alpha value is -4.20. The van der Waals surface area contributed by atoms with Gasteiger partial charge in [0.05, 0.1) is 6.61 Å². The summed E-state index contributed by atoms with van der Waals surface area (Å²) in [6.07, 6.45) is 2.27. The molecule has 0 aliphatic heterocycles. The molecule has 0 N–H and O–H groups in total. The molecule has 0 spiro atoms. The highest BCUT2D eigenvalue weighted by Crippen LogP contribution is 2.29. The van der Waals surface area contributed by atoms with E-state index in [4.69, 9.17) is 9.47 Å². The fourth-order valence-corrected chi connectivity index (χ4v) is 4.72. The molecule has 0 saturated heterocycles. The lowest BCUT2D eigenvalue weighted by Crippen LogP contribution is -2.14. The fraction of sp³-hybridized carbons (Fsp3) is 0.147. The maximum Gasteiger partial charge on any atom is 0.344 e. The van der Waals surface area contributed by atoms with Crippen LogP contribution in [-0.2, 0) is 9.53 Å². The van der Waals surface area contributed by atoms with Gasteiger partial charge in [0.25, 0.3) is 0 Å². The highest BCUT2D eigenvalue weighted by molar-refractivity contribution is 7.99. The van der Waals surface area contributed by atoms with Crippen molar-refractivity contribution in [2.75, 3.05) is 19.0 Å². The van der Waals surface area contributed by atoms with Crippen LogP contribution in [0.15, 0.2) is 114 Å². The Balaban J connectivity index is 1.46. The molecule has 0 saturated carbocycles. The molecule has 0 heterocycles. The predicted octanol–water partition coefficient (Wildman–Crippen LogP) is 7.56. The minimum atomic E-state index is -0.361. The summed E-state index contributed by atoms with van der Waals surface area (Å²) >= 11 is 1.76. The Kier molecular flexibility index (Phi) is 9.84. The SMILES string of the molecule is CCOC(=O)COc1ccc(SC/C=C(\c2ccccc2)c2ccc(C#Cc3ccccc3)cc2)cc1C. The van der Waals surface area contributed by atoms with E-state index in [-0.39, 0.29) is 12.6 Å². The number of hydrogen-bond donors (Lipinski definition) is 0. The summed E-state index contributed by atoms with van der Waals surface area (Å²) in [4.78, 5) is 12.7. The quantitative estimate of drug-likeness (QED) is 0.130. The first-order chi connectivity index (χ1) is 18.6. The summed E-state index contributed by atoms with van der Waals surface area (Å²) in [7, 11) is 0. The zero-order valence-electron chi connectivity index (χ0n) is 21.6. The number of carbonyl (C=O) groups is 1. The van der Waals surface area contributed by atoms with E-state index < -0.39 is 0 Å². The first-order valence-electron chi connectivity index (χ1n) is 12.6. The van der Waals surface area contributed by atoms with Gasteiger partial charge in [-0.2, -0.15) is 0 Å². The van der Waals surface area contributed by atoms with Gasteiger partial charge >= 0.3 is 5.97 Å². The lowest BCUT2D eigenvalue weighted by Gasteiger charge is -2.11. The van der Waals surface area contributed by atoms with Gasteiger partial charge in [-0.3, -0.25) is 0 Å². The van der Waals surface area contributed by atoms with E-state index in [1.165, 1.54) is 11.1 Å². The van der Waals surface area contributed by atoms with Gasteiger partial charge in [0.1, 0.15) is 5.75 Å². The minimum absolute atomic E-state index is 0.0824. The number of carbonyl (C=O) groups excluding carboxylic acids is 1. The molecule has 0 aromatic heterocycles. The van der Waals surface area contributed by atoms with E-state index in [2.05, 4.69) is 72.5 Å². The van der Waals surface area contributed by atoms with Crippen LogP contribution in [0, 0.1) is 18.8 Å². The third-order valence-electron chi connectivity index (χ3n) is 5.74. The van der Waals surface area contributed by atoms with Gasteiger partial charge < -0.3 is 9.47 Å². The summed E-state index contributed by atoms with van der Waals surface area (Å²) in [5.74, 6) is 7.61. The number of benzene rings is 4. The molecule has 38 heavy (non-hydrogen) atoms. The third-order valence-corrected chi connectivity index (χ3v) is 6.66. The summed E-state index contributed by atoms with van der Waals surface area (Å²) in [5.41, 5.74) is 6.49. The monoisotopic (exact) mass is 518 g/mol. The van der Waals surface area contributed by atoms with E-state index in [0.717, 1.165) is 32.9 Å². The molecule has 0 bridgehead atoms. The lowest BCUT2D eigenvalue weighted by atomic mass is 9.97. The second-order valence-electron chi connectivity index (χ2n) is 8.51. The molecular weight excluding hydrogens is 488 g/mol. The molecule has 4 aromatic carbocycles. The molecule has 3 nitrogen and oxygen atoms in total. The molecule has 0 aliphatic rings. The summed E-state index contributed by atoms with van der Waals surface area (Å²) in [6.45, 7) is 4.03. The summed E-state index contributed by atoms with van der Waals surface area (Å²) < 4.78 is 10.5. The zero-order chi connectivity index (χ0) is 26.6. The summed E-state index contributed by atoms with van der Waals surface area (Å²) in [6, 6.07) is 34.9. The van der Waals surface area contributed by atoms with Crippen molar-refractivity contribution in [1.29, 1.82) is 0 Å². The van der Waals surface area contributed by atoms with Crippen LogP contribution in [0.1, 0.15) is 34.7 Å². The number of ether oxygens (including phenoxy) is 2. The number of thioether (sulfide) groups is 1. The predicted molar refractivity (Wildman–Crippen MR) is 156 cm³/mol. The van der Waals surface area contributed by atoms with E-state index in [1.54, 1.807) is 18.7 Å². The van der Waals surface area contributed by atoms with E-state index in [0.29, 0.717) is 12.4 Å². The van der Waals surface area contributed by atoms with Crippen LogP contribution in [0.2, 0.25) is 0 Å². The van der Waals surface area contributed by atoms with E-state index in [9.17, 15) is 4.79 Å². The van der Waals surface area contributed by atoms with E-state index >= 15 is 0 Å². The lowest BCUT2D eigenvalue weighted by molar-refractivity contribution is -0.145. The van der Waals surface area contributed by atoms with Gasteiger partial charge in [-0.1, -0.05) is 78.6 Å². The van der Waals surface area contributed by atoms with Crippen molar-refractivity contribution in [3.63, 3.8) is 0 Å². The Morgan fingerprint density at radius 1 is 0.816 bits per heavy atom. The van der Waals surface area contributed by atoms with Gasteiger partial charge in [0, 0.05) is 21.8 Å². The second kappa shape index (κ2) is 13.9. The van der Waals surface area contributed by atoms with Gasteiger partial charge in [0.15, 0.2) is 6.61 Å². The molecule has 0 fully saturated rings. The van der Waals surface area contributed by atoms with Crippen molar-refractivity contribution in [2.24, 2.45) is 0 Å². The maximum atomic E-state index is 11.6. The second-order valence-corrected chi connectivity index (χ2v) is 9.60. The van der Waals surface area contributed by atoms with Gasteiger partial charge in [0.2, 0.25) is 0 Å². The summed E-state index contributed by atoms with van der Waals surface area (Å²) in [5, 5.41) is 0. The van der Waals surface area contributed by atoms with Crippen LogP contribution in [0.25, 0.3) is 5.57 Å². The number of esters is 1. The zero-order valence-corrected chi connectivity index (χ0v) is 22.5. The highest BCUT2D eigenvalue weighted by atomic mass is 32.2. The standard InChI is InChI=1S/C34H30O3S/c1-3-36-34(35)25-37-33-21-20-31(24-26(33)2)38-23-22-32(29-12-8-5-9-13-29)30-18-16-28(17-19-30)15-14-27-10-6-4-7-11-27/h4-13,16-22,24H,3,23,25H2,1-2H3/b32-22+. The first kappa shape index (κ1) is 26.9. The normalized spacial score (nSPS) is 10.8. The molecule has 4 heteroatoms. The van der Waals surface area contributed by atoms with E-state index in [1.807, 2.05) is 55.5 Å². The van der Waals surface area contributed by atoms with Crippen molar-refractivity contribution in [2.45, 2.75) is 18.7 Å². The van der Waals surface area contributed by atoms with Crippen molar-refractivity contribution in [3.8, 4) is 17.6 Å². The average molecular weight is 519 g/mol. The number of rotatable bonds is 9. The van der Waals surface area contributed by atoms with Crippen molar-refractivity contribution >= 4 is 23.3 Å². The molecular formula is C34H30O3S. The molecule has 190 valence electrons. The third kappa shape index (κ3) is 7.90. The van der Waals surface area contributed by atoms with Crippen LogP contribution in [0.3, 0.4) is 0 Å². The Labute approximate surface area is 229 Å². The Morgan fingerprint density at radius 3 is 2.11 bits per heavy atom. The molecule has 0 unspecified atom stereocenters. The molecule has 0 atom stereocenters. The minimum Gasteiger partial charge on any atom is -0.482 e. The van der Waals surface area contributed by atoms with Crippen LogP contribution in [-0.4, -0.2) is 24.9 Å². The van der Waals surface area contributed by atoms with Crippen molar-refractivity contribution in [1.82, 2.24) is 0 Å². The fourth-order valence-electron chi connectivity index (χ4n) is 3.85. The van der Waals surface area contributed by atoms with Gasteiger partial charge in [-0.05, 0) is 78.6 Å². The van der Waals surface area contributed by atoms with Crippen LogP contribution in [0.4, 0.5) is 0 Å². The van der Waals surface area contributed by atoms with Gasteiger partial charge in [-0.15, -0.1) is 11.8 Å².